The molecule has 1 fully saturated rings. The molecule has 22 heteroatoms. The molecule has 0 aliphatic carbocycles. The van der Waals surface area contributed by atoms with Gasteiger partial charge < -0.3 is 50.1 Å². The van der Waals surface area contributed by atoms with Crippen LogP contribution < -0.4 is 31.3 Å². The van der Waals surface area contributed by atoms with Gasteiger partial charge in [-0.1, -0.05) is 69.2 Å². The third-order valence-electron chi connectivity index (χ3n) is 9.26. The number of imidazole rings is 1. The number of esters is 2. The Morgan fingerprint density at radius 2 is 1.37 bits per heavy atom. The molecule has 60 heavy (non-hydrogen) atoms. The van der Waals surface area contributed by atoms with Gasteiger partial charge in [-0.15, -0.1) is 0 Å². The van der Waals surface area contributed by atoms with Gasteiger partial charge in [0.05, 0.1) is 45.3 Å². The molecule has 8 atom stereocenters. The number of nitrogens with one attached hydrogen (secondary N) is 4. The number of aliphatic hydroxyl groups excluding tert-OH is 1. The summed E-state index contributed by atoms with van der Waals surface area (Å²) in [4.78, 5) is 65.6. The van der Waals surface area contributed by atoms with Crippen LogP contribution in [0.3, 0.4) is 0 Å². The first-order valence-electron chi connectivity index (χ1n) is 19.8. The van der Waals surface area contributed by atoms with Crippen LogP contribution in [0.5, 0.6) is 5.88 Å². The second-order valence-corrected chi connectivity index (χ2v) is 20.3. The molecule has 1 aliphatic rings. The number of anilines is 1. The van der Waals surface area contributed by atoms with E-state index in [2.05, 4.69) is 35.8 Å². The monoisotopic (exact) mass is 871 g/mol. The van der Waals surface area contributed by atoms with Crippen LogP contribution in [0.1, 0.15) is 96.2 Å². The fourth-order valence-corrected chi connectivity index (χ4v) is 7.97. The molecule has 1 aliphatic heterocycles. The van der Waals surface area contributed by atoms with Crippen LogP contribution in [0.15, 0.2) is 6.33 Å². The van der Waals surface area contributed by atoms with Crippen molar-refractivity contribution in [2.75, 3.05) is 32.7 Å². The highest BCUT2D eigenvalue weighted by molar-refractivity contribution is 7.54. The summed E-state index contributed by atoms with van der Waals surface area (Å²) in [5, 5.41) is 33.7. The summed E-state index contributed by atoms with van der Waals surface area (Å²) in [6.07, 6.45) is -3.08. The van der Waals surface area contributed by atoms with E-state index in [0.717, 1.165) is 0 Å². The molecule has 2 aromatic heterocycles. The second kappa shape index (κ2) is 19.8. The van der Waals surface area contributed by atoms with E-state index < -0.39 is 98.1 Å². The molecule has 2 aromatic rings. The number of ether oxygens (including phenoxy) is 4. The Kier molecular flexibility index (Phi) is 16.6. The summed E-state index contributed by atoms with van der Waals surface area (Å²) >= 11 is 0. The predicted molar refractivity (Wildman–Crippen MR) is 220 cm³/mol. The van der Waals surface area contributed by atoms with Crippen LogP contribution in [0.25, 0.3) is 11.2 Å². The van der Waals surface area contributed by atoms with E-state index in [1.807, 2.05) is 41.5 Å². The lowest BCUT2D eigenvalue weighted by Gasteiger charge is -2.33. The highest BCUT2D eigenvalue weighted by Crippen LogP contribution is 2.45. The Bertz CT molecular complexity index is 1810. The summed E-state index contributed by atoms with van der Waals surface area (Å²) in [6.45, 7) is 21.7. The maximum absolute atomic E-state index is 15.1. The number of nitrogen functional groups attached to an aromatic ring is 1. The summed E-state index contributed by atoms with van der Waals surface area (Å²) < 4.78 is 44.5. The fraction of sp³-hybridized carbons (Fsp3) is 0.763. The molecule has 340 valence electrons. The standard InChI is InChI=1S/C38H66N9O12P/c1-19(2)24(29(49)41-21(5)32(51)56-16-36(7,8)9)45-60(54,46-25(20(3)4)30(50)42-22(6)33(52)57-17-37(10,11)12)58-15-23-27(48)38(13,53)34(59-23)47-18-40-26-28(47)43-35(39)44-31(26)55-14/h18-25,27,34,48,53H,15-17H2,1-14H3,(H,41,49)(H,42,50)(H2,39,43,44)(H2,45,46,54)/t21-,22-,23+,24-,25-,27+,34+,38+/m0/s1. The number of aromatic nitrogens is 4. The van der Waals surface area contributed by atoms with E-state index in [1.165, 1.54) is 38.8 Å². The lowest BCUT2D eigenvalue weighted by Crippen LogP contribution is -2.55. The maximum atomic E-state index is 15.1. The van der Waals surface area contributed by atoms with Crippen molar-refractivity contribution in [3.8, 4) is 5.88 Å². The first-order valence-corrected chi connectivity index (χ1v) is 21.5. The van der Waals surface area contributed by atoms with Crippen molar-refractivity contribution in [1.29, 1.82) is 0 Å². The topological polar surface area (TPSA) is 290 Å². The van der Waals surface area contributed by atoms with Gasteiger partial charge in [0.2, 0.25) is 23.6 Å². The lowest BCUT2D eigenvalue weighted by atomic mass is 9.96. The predicted octanol–water partition coefficient (Wildman–Crippen LogP) is 1.97. The molecular formula is C38H66N9O12P. The summed E-state index contributed by atoms with van der Waals surface area (Å²) in [7, 11) is -3.24. The van der Waals surface area contributed by atoms with Crippen LogP contribution in [0, 0.1) is 22.7 Å². The van der Waals surface area contributed by atoms with Crippen LogP contribution in [-0.2, 0) is 42.5 Å². The van der Waals surface area contributed by atoms with Gasteiger partial charge in [0.25, 0.3) is 0 Å². The SMILES string of the molecule is COc1nc(N)nc2c1ncn2[C@@H]1O[C@H](COP(=O)(N[C@H](C(=O)N[C@@H](C)C(=O)OCC(C)(C)C)C(C)C)N[C@H](C(=O)N[C@@H](C)C(=O)OCC(C)(C)C)C(C)C)[C@@H](O)[C@@]1(C)O. The number of rotatable bonds is 19. The minimum absolute atomic E-state index is 0.0623. The number of nitrogens with zero attached hydrogens (tertiary/aromatic N) is 4. The van der Waals surface area contributed by atoms with E-state index in [0.29, 0.717) is 0 Å². The average molecular weight is 872 g/mol. The van der Waals surface area contributed by atoms with E-state index in [9.17, 15) is 29.4 Å². The molecule has 0 saturated carbocycles. The third-order valence-corrected chi connectivity index (χ3v) is 11.0. The van der Waals surface area contributed by atoms with Gasteiger partial charge in [-0.05, 0) is 43.4 Å². The molecule has 0 unspecified atom stereocenters. The van der Waals surface area contributed by atoms with Gasteiger partial charge in [-0.25, -0.2) is 24.7 Å². The zero-order valence-corrected chi connectivity index (χ0v) is 38.1. The Balaban J connectivity index is 1.95. The van der Waals surface area contributed by atoms with E-state index in [4.69, 9.17) is 29.2 Å². The largest absolute Gasteiger partial charge is 0.479 e. The lowest BCUT2D eigenvalue weighted by molar-refractivity contribution is -0.150. The smallest absolute Gasteiger partial charge is 0.342 e. The maximum Gasteiger partial charge on any atom is 0.342 e. The number of carbonyl (C=O) groups excluding carboxylic acids is 4. The third kappa shape index (κ3) is 13.3. The minimum Gasteiger partial charge on any atom is -0.479 e. The van der Waals surface area contributed by atoms with Crippen molar-refractivity contribution in [2.45, 2.75) is 138 Å². The number of methoxy groups -OCH3 is 1. The molecule has 0 radical (unpaired) electrons. The molecule has 0 aromatic carbocycles. The molecule has 8 N–H and O–H groups in total. The zero-order valence-electron chi connectivity index (χ0n) is 37.2. The van der Waals surface area contributed by atoms with Crippen molar-refractivity contribution in [2.24, 2.45) is 22.7 Å². The minimum atomic E-state index is -4.61. The van der Waals surface area contributed by atoms with E-state index in [-0.39, 0.29) is 47.0 Å². The number of fused-ring (bicyclic) bond motifs is 1. The quantitative estimate of drug-likeness (QED) is 0.0784. The van der Waals surface area contributed by atoms with Crippen LogP contribution in [0.2, 0.25) is 0 Å². The molecule has 3 heterocycles. The van der Waals surface area contributed by atoms with Crippen molar-refractivity contribution in [3.63, 3.8) is 0 Å². The normalized spacial score (nSPS) is 22.0. The van der Waals surface area contributed by atoms with Gasteiger partial charge in [0, 0.05) is 0 Å². The first kappa shape index (κ1) is 50.4. The first-order chi connectivity index (χ1) is 27.5. The Labute approximate surface area is 351 Å². The van der Waals surface area contributed by atoms with Gasteiger partial charge >= 0.3 is 19.6 Å². The molecule has 3 rings (SSSR count). The van der Waals surface area contributed by atoms with Gasteiger partial charge in [0.15, 0.2) is 17.4 Å². The Hall–Kier alpha value is -3.98. The van der Waals surface area contributed by atoms with Gasteiger partial charge in [0.1, 0.15) is 29.9 Å². The second-order valence-electron chi connectivity index (χ2n) is 18.5. The molecule has 21 nitrogen and oxygen atoms in total. The Morgan fingerprint density at radius 3 is 1.78 bits per heavy atom. The number of hydrogen-bond acceptors (Lipinski definition) is 16. The van der Waals surface area contributed by atoms with Crippen molar-refractivity contribution >= 4 is 48.5 Å². The van der Waals surface area contributed by atoms with Gasteiger partial charge in [-0.2, -0.15) is 9.97 Å². The zero-order chi connectivity index (χ0) is 45.7. The Morgan fingerprint density at radius 1 is 0.900 bits per heavy atom. The van der Waals surface area contributed by atoms with E-state index >= 15 is 4.57 Å². The molecule has 2 amide bonds. The van der Waals surface area contributed by atoms with E-state index in [1.54, 1.807) is 27.7 Å². The molecule has 0 spiro atoms. The summed E-state index contributed by atoms with van der Waals surface area (Å²) in [5.41, 5.74) is 3.53. The highest BCUT2D eigenvalue weighted by atomic mass is 31.2. The van der Waals surface area contributed by atoms with Gasteiger partial charge in [-0.3, -0.25) is 18.7 Å². The van der Waals surface area contributed by atoms with Crippen molar-refractivity contribution < 1.29 is 57.4 Å². The summed E-state index contributed by atoms with van der Waals surface area (Å²) in [6, 6.07) is -4.78. The molecule has 0 bridgehead atoms. The van der Waals surface area contributed by atoms with Crippen LogP contribution in [0.4, 0.5) is 5.95 Å². The molecular weight excluding hydrogens is 805 g/mol. The van der Waals surface area contributed by atoms with Crippen molar-refractivity contribution in [3.05, 3.63) is 6.33 Å². The highest BCUT2D eigenvalue weighted by Gasteiger charge is 2.54. The number of amides is 2. The number of carbonyl (C=O) groups is 4. The summed E-state index contributed by atoms with van der Waals surface area (Å²) in [5.74, 6) is -4.09. The van der Waals surface area contributed by atoms with Crippen molar-refractivity contribution in [1.82, 2.24) is 40.3 Å². The number of aliphatic hydroxyl groups is 2. The molecule has 1 saturated heterocycles. The number of hydrogen-bond donors (Lipinski definition) is 7. The average Bonchev–Trinajstić information content (AvgIpc) is 3.64. The van der Waals surface area contributed by atoms with Crippen LogP contribution >= 0.6 is 7.67 Å². The van der Waals surface area contributed by atoms with Crippen LogP contribution in [-0.4, -0.2) is 122 Å². The number of nitrogens with two attached hydrogens (primary N) is 1. The fourth-order valence-electron chi connectivity index (χ4n) is 5.83.